The largest absolute Gasteiger partial charge is 0.379 e. The predicted molar refractivity (Wildman–Crippen MR) is 98.1 cm³/mol. The second kappa shape index (κ2) is 8.04. The maximum Gasteiger partial charge on any atom is 0.266 e. The van der Waals surface area contributed by atoms with E-state index in [2.05, 4.69) is 5.43 Å². The van der Waals surface area contributed by atoms with Gasteiger partial charge in [-0.15, -0.1) is 16.2 Å². The number of morpholine rings is 1. The highest BCUT2D eigenvalue weighted by molar-refractivity contribution is 7.91. The average Bonchev–Trinajstić information content (AvgIpc) is 3.23. The van der Waals surface area contributed by atoms with Gasteiger partial charge in [-0.1, -0.05) is 12.1 Å². The Balaban J connectivity index is 1.74. The molecule has 0 aliphatic carbocycles. The van der Waals surface area contributed by atoms with E-state index in [1.165, 1.54) is 34.6 Å². The van der Waals surface area contributed by atoms with Gasteiger partial charge in [-0.25, -0.2) is 16.8 Å². The van der Waals surface area contributed by atoms with Crippen LogP contribution >= 0.6 is 11.3 Å². The zero-order valence-corrected chi connectivity index (χ0v) is 16.4. The van der Waals surface area contributed by atoms with Crippen molar-refractivity contribution in [1.29, 1.82) is 0 Å². The lowest BCUT2D eigenvalue weighted by Gasteiger charge is -2.26. The van der Waals surface area contributed by atoms with E-state index in [1.54, 1.807) is 11.4 Å². The Labute approximate surface area is 161 Å². The first-order valence-corrected chi connectivity index (χ1v) is 11.6. The number of hydrazine groups is 1. The summed E-state index contributed by atoms with van der Waals surface area (Å²) in [4.78, 5) is 14.2. The minimum atomic E-state index is -3.88. The van der Waals surface area contributed by atoms with Crippen molar-refractivity contribution in [2.75, 3.05) is 26.3 Å². The van der Waals surface area contributed by atoms with Crippen LogP contribution in [0.2, 0.25) is 0 Å². The van der Waals surface area contributed by atoms with Crippen LogP contribution in [0.25, 0.3) is 0 Å². The number of amides is 1. The van der Waals surface area contributed by atoms with E-state index >= 15 is 0 Å². The standard InChI is InChI=1S/C15H17N3O6S3/c19-15(16-17-26(20,21)14-5-2-10-25-14)12-3-1-4-13(11-12)27(22,23)18-6-8-24-9-7-18/h1-5,10-11,17H,6-9H2,(H,16,19). The molecule has 0 saturated carbocycles. The lowest BCUT2D eigenvalue weighted by molar-refractivity contribution is 0.0730. The van der Waals surface area contributed by atoms with Crippen molar-refractivity contribution in [3.63, 3.8) is 0 Å². The second-order valence-electron chi connectivity index (χ2n) is 5.54. The molecule has 27 heavy (non-hydrogen) atoms. The van der Waals surface area contributed by atoms with Gasteiger partial charge in [-0.3, -0.25) is 10.2 Å². The van der Waals surface area contributed by atoms with Gasteiger partial charge in [-0.05, 0) is 29.6 Å². The smallest absolute Gasteiger partial charge is 0.266 e. The van der Waals surface area contributed by atoms with Crippen LogP contribution in [-0.2, 0) is 24.8 Å². The van der Waals surface area contributed by atoms with Crippen LogP contribution in [0.15, 0.2) is 50.9 Å². The van der Waals surface area contributed by atoms with E-state index in [0.29, 0.717) is 13.2 Å². The SMILES string of the molecule is O=C(NNS(=O)(=O)c1cccs1)c1cccc(S(=O)(=O)N2CCOCC2)c1. The van der Waals surface area contributed by atoms with Gasteiger partial charge < -0.3 is 4.74 Å². The highest BCUT2D eigenvalue weighted by Crippen LogP contribution is 2.18. The lowest BCUT2D eigenvalue weighted by Crippen LogP contribution is -2.42. The van der Waals surface area contributed by atoms with Crippen LogP contribution in [0, 0.1) is 0 Å². The van der Waals surface area contributed by atoms with Gasteiger partial charge in [-0.2, -0.15) is 4.31 Å². The minimum Gasteiger partial charge on any atom is -0.379 e. The fourth-order valence-corrected chi connectivity index (χ4v) is 5.67. The molecule has 1 amide bonds. The van der Waals surface area contributed by atoms with E-state index in [0.717, 1.165) is 11.3 Å². The summed E-state index contributed by atoms with van der Waals surface area (Å²) in [5, 5.41) is 1.59. The molecule has 2 aromatic rings. The van der Waals surface area contributed by atoms with Crippen molar-refractivity contribution in [3.8, 4) is 0 Å². The van der Waals surface area contributed by atoms with E-state index in [1.807, 2.05) is 4.83 Å². The van der Waals surface area contributed by atoms with E-state index in [9.17, 15) is 21.6 Å². The first-order chi connectivity index (χ1) is 12.8. The number of nitrogens with zero attached hydrogens (tertiary/aromatic N) is 1. The third-order valence-corrected chi connectivity index (χ3v) is 8.30. The number of thiophene rings is 1. The highest BCUT2D eigenvalue weighted by Gasteiger charge is 2.27. The summed E-state index contributed by atoms with van der Waals surface area (Å²) < 4.78 is 55.9. The Hall–Kier alpha value is -1.83. The average molecular weight is 432 g/mol. The molecule has 2 heterocycles. The summed E-state index contributed by atoms with van der Waals surface area (Å²) in [6, 6.07) is 8.38. The fourth-order valence-electron chi connectivity index (χ4n) is 2.39. The first kappa shape index (κ1) is 19.9. The van der Waals surface area contributed by atoms with E-state index in [-0.39, 0.29) is 27.8 Å². The third kappa shape index (κ3) is 4.54. The zero-order chi connectivity index (χ0) is 19.5. The Morgan fingerprint density at radius 3 is 2.48 bits per heavy atom. The molecule has 3 rings (SSSR count). The minimum absolute atomic E-state index is 0.0122. The Bertz CT molecular complexity index is 1010. The van der Waals surface area contributed by atoms with Crippen LogP contribution < -0.4 is 10.3 Å². The van der Waals surface area contributed by atoms with Gasteiger partial charge in [0.05, 0.1) is 18.1 Å². The van der Waals surface area contributed by atoms with Crippen LogP contribution in [-0.4, -0.2) is 53.4 Å². The number of rotatable bonds is 6. The number of carbonyl (C=O) groups is 1. The summed E-state index contributed by atoms with van der Waals surface area (Å²) in [5.41, 5.74) is 2.10. The van der Waals surface area contributed by atoms with Crippen LogP contribution in [0.4, 0.5) is 0 Å². The molecule has 0 atom stereocenters. The van der Waals surface area contributed by atoms with Gasteiger partial charge in [0.25, 0.3) is 15.9 Å². The quantitative estimate of drug-likeness (QED) is 0.638. The summed E-state index contributed by atoms with van der Waals surface area (Å²) >= 11 is 1.00. The molecule has 0 unspecified atom stereocenters. The summed E-state index contributed by atoms with van der Waals surface area (Å²) in [6.07, 6.45) is 0. The molecule has 1 aliphatic heterocycles. The van der Waals surface area contributed by atoms with Gasteiger partial charge >= 0.3 is 0 Å². The molecule has 146 valence electrons. The first-order valence-electron chi connectivity index (χ1n) is 7.84. The molecule has 1 aromatic heterocycles. The van der Waals surface area contributed by atoms with Crippen LogP contribution in [0.5, 0.6) is 0 Å². The third-order valence-electron chi connectivity index (χ3n) is 3.76. The van der Waals surface area contributed by atoms with Gasteiger partial charge in [0.2, 0.25) is 10.0 Å². The molecule has 1 fully saturated rings. The molecule has 12 heteroatoms. The molecule has 1 saturated heterocycles. The monoisotopic (exact) mass is 431 g/mol. The molecule has 0 radical (unpaired) electrons. The van der Waals surface area contributed by atoms with Crippen molar-refractivity contribution in [2.45, 2.75) is 9.10 Å². The van der Waals surface area contributed by atoms with Crippen LogP contribution in [0.1, 0.15) is 10.4 Å². The Morgan fingerprint density at radius 2 is 1.81 bits per heavy atom. The maximum absolute atomic E-state index is 12.7. The molecular formula is C15H17N3O6S3. The van der Waals surface area contributed by atoms with Crippen molar-refractivity contribution in [1.82, 2.24) is 14.6 Å². The highest BCUT2D eigenvalue weighted by atomic mass is 32.2. The number of ether oxygens (including phenoxy) is 1. The summed E-state index contributed by atoms with van der Waals surface area (Å²) in [6.45, 7) is 1.09. The zero-order valence-electron chi connectivity index (χ0n) is 14.0. The number of carbonyl (C=O) groups excluding carboxylic acids is 1. The molecule has 1 aromatic carbocycles. The van der Waals surface area contributed by atoms with Crippen molar-refractivity contribution >= 4 is 37.3 Å². The maximum atomic E-state index is 12.7. The molecule has 0 bridgehead atoms. The van der Waals surface area contributed by atoms with Gasteiger partial charge in [0, 0.05) is 18.7 Å². The number of benzene rings is 1. The number of nitrogens with one attached hydrogen (secondary N) is 2. The number of sulfonamides is 2. The lowest BCUT2D eigenvalue weighted by atomic mass is 10.2. The summed E-state index contributed by atoms with van der Waals surface area (Å²) in [5.74, 6) is -0.769. The number of hydrogen-bond donors (Lipinski definition) is 2. The molecule has 0 spiro atoms. The molecular weight excluding hydrogens is 414 g/mol. The predicted octanol–water partition coefficient (Wildman–Crippen LogP) is 0.392. The second-order valence-corrected chi connectivity index (χ2v) is 10.3. The molecule has 1 aliphatic rings. The topological polar surface area (TPSA) is 122 Å². The number of hydrogen-bond acceptors (Lipinski definition) is 7. The Kier molecular flexibility index (Phi) is 5.93. The molecule has 9 nitrogen and oxygen atoms in total. The van der Waals surface area contributed by atoms with Gasteiger partial charge in [0.15, 0.2) is 0 Å². The van der Waals surface area contributed by atoms with E-state index in [4.69, 9.17) is 4.74 Å². The molecule has 2 N–H and O–H groups in total. The van der Waals surface area contributed by atoms with Gasteiger partial charge in [0.1, 0.15) is 4.21 Å². The Morgan fingerprint density at radius 1 is 1.07 bits per heavy atom. The van der Waals surface area contributed by atoms with Crippen LogP contribution in [0.3, 0.4) is 0 Å². The van der Waals surface area contributed by atoms with E-state index < -0.39 is 26.0 Å². The van der Waals surface area contributed by atoms with Crippen molar-refractivity contribution in [3.05, 3.63) is 47.3 Å². The van der Waals surface area contributed by atoms with Crippen molar-refractivity contribution < 1.29 is 26.4 Å². The van der Waals surface area contributed by atoms with Crippen molar-refractivity contribution in [2.24, 2.45) is 0 Å². The normalized spacial score (nSPS) is 16.1. The fraction of sp³-hybridized carbons (Fsp3) is 0.267. The summed E-state index contributed by atoms with van der Waals surface area (Å²) in [7, 11) is -7.64.